The van der Waals surface area contributed by atoms with Gasteiger partial charge in [-0.25, -0.2) is 0 Å². The van der Waals surface area contributed by atoms with Crippen molar-refractivity contribution >= 4 is 28.9 Å². The van der Waals surface area contributed by atoms with Crippen LogP contribution in [0.4, 0.5) is 5.69 Å². The van der Waals surface area contributed by atoms with E-state index in [1.807, 2.05) is 0 Å². The van der Waals surface area contributed by atoms with Crippen molar-refractivity contribution in [2.45, 2.75) is 25.8 Å². The Kier molecular flexibility index (Phi) is 4.42. The molecule has 0 aliphatic carbocycles. The third-order valence-electron chi connectivity index (χ3n) is 3.03. The van der Waals surface area contributed by atoms with Gasteiger partial charge in [-0.05, 0) is 25.9 Å². The van der Waals surface area contributed by atoms with Crippen LogP contribution in [0.3, 0.4) is 0 Å². The number of likely N-dealkylation sites (N-methyl/N-ethyl adjacent to an activating group) is 1. The molecule has 1 aliphatic rings. The molecular weight excluding hydrogens is 259 g/mol. The van der Waals surface area contributed by atoms with E-state index in [9.17, 15) is 0 Å². The molecule has 1 aromatic heterocycles. The Bertz CT molecular complexity index is 386. The van der Waals surface area contributed by atoms with E-state index in [0.29, 0.717) is 16.3 Å². The van der Waals surface area contributed by atoms with Gasteiger partial charge >= 0.3 is 0 Å². The van der Waals surface area contributed by atoms with Gasteiger partial charge in [-0.2, -0.15) is 0 Å². The monoisotopic (exact) mass is 274 g/mol. The van der Waals surface area contributed by atoms with Crippen molar-refractivity contribution in [2.75, 3.05) is 25.0 Å². The molecule has 1 atom stereocenters. The zero-order chi connectivity index (χ0) is 12.3. The standard InChI is InChI=1S/C11H16Cl2N4/c1-2-17-5-3-4-8(7-17)14-9-6-10(12)15-16-11(9)13/h6,8H,2-5,7H2,1H3,(H,14,15). The number of likely N-dealkylation sites (tertiary alicyclic amines) is 1. The molecule has 1 aromatic rings. The minimum Gasteiger partial charge on any atom is -0.378 e. The normalized spacial score (nSPS) is 21.5. The molecule has 1 unspecified atom stereocenters. The largest absolute Gasteiger partial charge is 0.378 e. The Morgan fingerprint density at radius 2 is 2.29 bits per heavy atom. The first kappa shape index (κ1) is 12.9. The first-order chi connectivity index (χ1) is 8.19. The number of hydrogen-bond donors (Lipinski definition) is 1. The highest BCUT2D eigenvalue weighted by Gasteiger charge is 2.19. The zero-order valence-corrected chi connectivity index (χ0v) is 11.3. The molecule has 4 nitrogen and oxygen atoms in total. The predicted octanol–water partition coefficient (Wildman–Crippen LogP) is 2.68. The molecule has 1 N–H and O–H groups in total. The number of aromatic nitrogens is 2. The number of anilines is 1. The van der Waals surface area contributed by atoms with Gasteiger partial charge in [0.1, 0.15) is 0 Å². The fourth-order valence-electron chi connectivity index (χ4n) is 2.13. The van der Waals surface area contributed by atoms with Crippen LogP contribution >= 0.6 is 23.2 Å². The second kappa shape index (κ2) is 5.85. The summed E-state index contributed by atoms with van der Waals surface area (Å²) in [5.74, 6) is 0. The van der Waals surface area contributed by atoms with Crippen LogP contribution in [-0.2, 0) is 0 Å². The Morgan fingerprint density at radius 3 is 3.06 bits per heavy atom. The number of hydrogen-bond acceptors (Lipinski definition) is 4. The molecule has 2 heterocycles. The molecule has 0 aromatic carbocycles. The Hall–Kier alpha value is -0.580. The van der Waals surface area contributed by atoms with Crippen molar-refractivity contribution in [1.29, 1.82) is 0 Å². The maximum atomic E-state index is 5.98. The second-order valence-electron chi connectivity index (χ2n) is 4.25. The van der Waals surface area contributed by atoms with Crippen LogP contribution in [0.1, 0.15) is 19.8 Å². The minimum atomic E-state index is 0.361. The smallest absolute Gasteiger partial charge is 0.174 e. The Balaban J connectivity index is 2.02. The van der Waals surface area contributed by atoms with Gasteiger partial charge in [-0.1, -0.05) is 30.1 Å². The summed E-state index contributed by atoms with van der Waals surface area (Å²) in [4.78, 5) is 2.42. The molecule has 94 valence electrons. The maximum Gasteiger partial charge on any atom is 0.174 e. The van der Waals surface area contributed by atoms with E-state index in [1.54, 1.807) is 6.07 Å². The third-order valence-corrected chi connectivity index (χ3v) is 3.50. The van der Waals surface area contributed by atoms with E-state index in [4.69, 9.17) is 23.2 Å². The summed E-state index contributed by atoms with van der Waals surface area (Å²) in [6.45, 7) is 5.48. The van der Waals surface area contributed by atoms with Crippen molar-refractivity contribution < 1.29 is 0 Å². The summed E-state index contributed by atoms with van der Waals surface area (Å²) in [5, 5.41) is 11.6. The molecule has 0 amide bonds. The third kappa shape index (κ3) is 3.44. The lowest BCUT2D eigenvalue weighted by Crippen LogP contribution is -2.41. The van der Waals surface area contributed by atoms with Crippen LogP contribution in [0.15, 0.2) is 6.07 Å². The summed E-state index contributed by atoms with van der Waals surface area (Å²) in [6.07, 6.45) is 2.35. The number of halogens is 2. The molecule has 0 spiro atoms. The first-order valence-electron chi connectivity index (χ1n) is 5.86. The average molecular weight is 275 g/mol. The van der Waals surface area contributed by atoms with Gasteiger partial charge in [0.25, 0.3) is 0 Å². The molecule has 17 heavy (non-hydrogen) atoms. The van der Waals surface area contributed by atoms with Crippen molar-refractivity contribution in [2.24, 2.45) is 0 Å². The lowest BCUT2D eigenvalue weighted by atomic mass is 10.1. The molecule has 1 saturated heterocycles. The summed E-state index contributed by atoms with van der Waals surface area (Å²) < 4.78 is 0. The van der Waals surface area contributed by atoms with E-state index in [-0.39, 0.29) is 0 Å². The van der Waals surface area contributed by atoms with Crippen LogP contribution in [-0.4, -0.2) is 40.8 Å². The molecule has 1 fully saturated rings. The van der Waals surface area contributed by atoms with Crippen LogP contribution < -0.4 is 5.32 Å². The summed E-state index contributed by atoms with van der Waals surface area (Å²) in [7, 11) is 0. The van der Waals surface area contributed by atoms with E-state index in [2.05, 4.69) is 27.3 Å². The van der Waals surface area contributed by atoms with Crippen molar-refractivity contribution in [1.82, 2.24) is 15.1 Å². The summed E-state index contributed by atoms with van der Waals surface area (Å²) in [5.41, 5.74) is 0.773. The highest BCUT2D eigenvalue weighted by Crippen LogP contribution is 2.23. The Morgan fingerprint density at radius 1 is 1.47 bits per heavy atom. The number of rotatable bonds is 3. The molecule has 1 aliphatic heterocycles. The van der Waals surface area contributed by atoms with Crippen LogP contribution in [0.2, 0.25) is 10.3 Å². The molecule has 6 heteroatoms. The van der Waals surface area contributed by atoms with E-state index in [1.165, 1.54) is 13.0 Å². The van der Waals surface area contributed by atoms with Crippen LogP contribution in [0, 0.1) is 0 Å². The average Bonchev–Trinajstić information content (AvgIpc) is 2.34. The van der Waals surface area contributed by atoms with E-state index >= 15 is 0 Å². The summed E-state index contributed by atoms with van der Waals surface area (Å²) in [6, 6.07) is 2.13. The fraction of sp³-hybridized carbons (Fsp3) is 0.636. The minimum absolute atomic E-state index is 0.361. The van der Waals surface area contributed by atoms with E-state index in [0.717, 1.165) is 25.2 Å². The van der Waals surface area contributed by atoms with Gasteiger partial charge < -0.3 is 10.2 Å². The molecular formula is C11H16Cl2N4. The number of piperidine rings is 1. The van der Waals surface area contributed by atoms with E-state index < -0.39 is 0 Å². The first-order valence-corrected chi connectivity index (χ1v) is 6.62. The van der Waals surface area contributed by atoms with Gasteiger partial charge in [0, 0.05) is 18.7 Å². The lowest BCUT2D eigenvalue weighted by Gasteiger charge is -2.32. The van der Waals surface area contributed by atoms with Crippen molar-refractivity contribution in [3.63, 3.8) is 0 Å². The van der Waals surface area contributed by atoms with Gasteiger partial charge in [-0.3, -0.25) is 0 Å². The van der Waals surface area contributed by atoms with Crippen LogP contribution in [0.25, 0.3) is 0 Å². The highest BCUT2D eigenvalue weighted by molar-refractivity contribution is 6.33. The fourth-order valence-corrected chi connectivity index (χ4v) is 2.43. The van der Waals surface area contributed by atoms with Gasteiger partial charge in [-0.15, -0.1) is 10.2 Å². The molecule has 2 rings (SSSR count). The van der Waals surface area contributed by atoms with Gasteiger partial charge in [0.2, 0.25) is 0 Å². The highest BCUT2D eigenvalue weighted by atomic mass is 35.5. The summed E-state index contributed by atoms with van der Waals surface area (Å²) >= 11 is 11.8. The quantitative estimate of drug-likeness (QED) is 0.920. The SMILES string of the molecule is CCN1CCCC(Nc2cc(Cl)nnc2Cl)C1. The van der Waals surface area contributed by atoms with Crippen LogP contribution in [0.5, 0.6) is 0 Å². The maximum absolute atomic E-state index is 5.98. The lowest BCUT2D eigenvalue weighted by molar-refractivity contribution is 0.227. The number of nitrogens with zero attached hydrogens (tertiary/aromatic N) is 3. The zero-order valence-electron chi connectivity index (χ0n) is 9.79. The Labute approximate surface area is 111 Å². The number of nitrogens with one attached hydrogen (secondary N) is 1. The van der Waals surface area contributed by atoms with Crippen molar-refractivity contribution in [3.05, 3.63) is 16.4 Å². The second-order valence-corrected chi connectivity index (χ2v) is 4.99. The molecule has 0 bridgehead atoms. The van der Waals surface area contributed by atoms with Gasteiger partial charge in [0.05, 0.1) is 5.69 Å². The molecule has 0 radical (unpaired) electrons. The topological polar surface area (TPSA) is 41.0 Å². The predicted molar refractivity (Wildman–Crippen MR) is 70.8 cm³/mol. The van der Waals surface area contributed by atoms with Gasteiger partial charge in [0.15, 0.2) is 10.3 Å². The van der Waals surface area contributed by atoms with Crippen molar-refractivity contribution in [3.8, 4) is 0 Å². The molecule has 0 saturated carbocycles.